The van der Waals surface area contributed by atoms with Crippen LogP contribution in [0.3, 0.4) is 0 Å². The molecule has 4 nitrogen and oxygen atoms in total. The molecule has 2 rings (SSSR count). The van der Waals surface area contributed by atoms with Crippen LogP contribution in [0.4, 0.5) is 9.18 Å². The highest BCUT2D eigenvalue weighted by Gasteiger charge is 2.05. The quantitative estimate of drug-likeness (QED) is 0.882. The second kappa shape index (κ2) is 8.58. The number of hydrogen-bond donors (Lipinski definition) is 1. The van der Waals surface area contributed by atoms with Gasteiger partial charge >= 0.3 is 6.09 Å². The highest BCUT2D eigenvalue weighted by atomic mass is 19.1. The predicted molar refractivity (Wildman–Crippen MR) is 86.6 cm³/mol. The SMILES string of the molecule is COc1cccc(F)c1C=CCNC(=O)OCc1ccccc1. The maximum atomic E-state index is 13.7. The molecule has 0 saturated heterocycles. The number of alkyl carbamates (subject to hydrolysis) is 1. The zero-order chi connectivity index (χ0) is 16.5. The number of carbonyl (C=O) groups is 1. The molecule has 0 aliphatic heterocycles. The van der Waals surface area contributed by atoms with Gasteiger partial charge in [-0.15, -0.1) is 0 Å². The van der Waals surface area contributed by atoms with E-state index in [0.717, 1.165) is 5.56 Å². The van der Waals surface area contributed by atoms with Gasteiger partial charge in [-0.3, -0.25) is 0 Å². The summed E-state index contributed by atoms with van der Waals surface area (Å²) in [6, 6.07) is 14.0. The molecule has 0 heterocycles. The summed E-state index contributed by atoms with van der Waals surface area (Å²) < 4.78 is 23.8. The van der Waals surface area contributed by atoms with Gasteiger partial charge in [0.15, 0.2) is 0 Å². The summed E-state index contributed by atoms with van der Waals surface area (Å²) in [5.41, 5.74) is 1.25. The van der Waals surface area contributed by atoms with E-state index < -0.39 is 6.09 Å². The van der Waals surface area contributed by atoms with Gasteiger partial charge in [-0.25, -0.2) is 9.18 Å². The van der Waals surface area contributed by atoms with Gasteiger partial charge in [0.1, 0.15) is 18.2 Å². The van der Waals surface area contributed by atoms with Gasteiger partial charge in [-0.2, -0.15) is 0 Å². The Morgan fingerprint density at radius 1 is 1.17 bits per heavy atom. The number of carbonyl (C=O) groups excluding carboxylic acids is 1. The highest BCUT2D eigenvalue weighted by Crippen LogP contribution is 2.22. The molecular formula is C18H18FNO3. The lowest BCUT2D eigenvalue weighted by atomic mass is 10.1. The Kier molecular flexibility index (Phi) is 6.17. The van der Waals surface area contributed by atoms with E-state index in [1.165, 1.54) is 13.2 Å². The van der Waals surface area contributed by atoms with Crippen molar-refractivity contribution in [2.45, 2.75) is 6.61 Å². The first kappa shape index (κ1) is 16.5. The van der Waals surface area contributed by atoms with Crippen LogP contribution in [0.1, 0.15) is 11.1 Å². The maximum Gasteiger partial charge on any atom is 0.407 e. The fraction of sp³-hybridized carbons (Fsp3) is 0.167. The zero-order valence-electron chi connectivity index (χ0n) is 12.8. The van der Waals surface area contributed by atoms with Gasteiger partial charge in [0.2, 0.25) is 0 Å². The normalized spacial score (nSPS) is 10.5. The van der Waals surface area contributed by atoms with Crippen LogP contribution in [0.2, 0.25) is 0 Å². The molecule has 120 valence electrons. The standard InChI is InChI=1S/C18H18FNO3/c1-22-17-11-5-10-16(19)15(17)9-6-12-20-18(21)23-13-14-7-3-2-4-8-14/h2-11H,12-13H2,1H3,(H,20,21). The summed E-state index contributed by atoms with van der Waals surface area (Å²) in [4.78, 5) is 11.6. The third-order valence-electron chi connectivity index (χ3n) is 3.09. The van der Waals surface area contributed by atoms with E-state index in [9.17, 15) is 9.18 Å². The molecule has 0 aliphatic rings. The molecule has 23 heavy (non-hydrogen) atoms. The van der Waals surface area contributed by atoms with Crippen molar-refractivity contribution < 1.29 is 18.7 Å². The van der Waals surface area contributed by atoms with Crippen molar-refractivity contribution in [2.24, 2.45) is 0 Å². The second-order valence-corrected chi connectivity index (χ2v) is 4.70. The summed E-state index contributed by atoms with van der Waals surface area (Å²) in [5, 5.41) is 2.57. The van der Waals surface area contributed by atoms with Crippen molar-refractivity contribution in [1.29, 1.82) is 0 Å². The van der Waals surface area contributed by atoms with E-state index in [-0.39, 0.29) is 19.0 Å². The first-order valence-corrected chi connectivity index (χ1v) is 7.14. The number of rotatable bonds is 6. The number of halogens is 1. The minimum absolute atomic E-state index is 0.206. The van der Waals surface area contributed by atoms with Gasteiger partial charge in [-0.1, -0.05) is 48.6 Å². The van der Waals surface area contributed by atoms with Crippen molar-refractivity contribution in [2.75, 3.05) is 13.7 Å². The smallest absolute Gasteiger partial charge is 0.407 e. The van der Waals surface area contributed by atoms with Crippen molar-refractivity contribution in [3.63, 3.8) is 0 Å². The Hall–Kier alpha value is -2.82. The van der Waals surface area contributed by atoms with Crippen LogP contribution in [-0.4, -0.2) is 19.7 Å². The van der Waals surface area contributed by atoms with Gasteiger partial charge in [0.25, 0.3) is 0 Å². The Morgan fingerprint density at radius 3 is 2.70 bits per heavy atom. The van der Waals surface area contributed by atoms with Crippen molar-refractivity contribution in [1.82, 2.24) is 5.32 Å². The average molecular weight is 315 g/mol. The van der Waals surface area contributed by atoms with Crippen molar-refractivity contribution in [3.8, 4) is 5.75 Å². The monoisotopic (exact) mass is 315 g/mol. The molecule has 0 aromatic heterocycles. The molecule has 2 aromatic rings. The van der Waals surface area contributed by atoms with Crippen LogP contribution in [0.15, 0.2) is 54.6 Å². The molecule has 0 saturated carbocycles. The van der Waals surface area contributed by atoms with Gasteiger partial charge < -0.3 is 14.8 Å². The largest absolute Gasteiger partial charge is 0.496 e. The summed E-state index contributed by atoms with van der Waals surface area (Å²) in [5.74, 6) is 0.0557. The summed E-state index contributed by atoms with van der Waals surface area (Å²) >= 11 is 0. The van der Waals surface area contributed by atoms with E-state index in [4.69, 9.17) is 9.47 Å². The molecular weight excluding hydrogens is 297 g/mol. The predicted octanol–water partition coefficient (Wildman–Crippen LogP) is 3.77. The van der Waals surface area contributed by atoms with Crippen LogP contribution in [-0.2, 0) is 11.3 Å². The zero-order valence-corrected chi connectivity index (χ0v) is 12.8. The molecule has 0 unspecified atom stereocenters. The summed E-state index contributed by atoms with van der Waals surface area (Å²) in [6.07, 6.45) is 2.66. The third-order valence-corrected chi connectivity index (χ3v) is 3.09. The van der Waals surface area contributed by atoms with Gasteiger partial charge in [-0.05, 0) is 17.7 Å². The Morgan fingerprint density at radius 2 is 1.96 bits per heavy atom. The van der Waals surface area contributed by atoms with Crippen LogP contribution < -0.4 is 10.1 Å². The number of amides is 1. The van der Waals surface area contributed by atoms with E-state index in [2.05, 4.69) is 5.32 Å². The molecule has 1 N–H and O–H groups in total. The van der Waals surface area contributed by atoms with E-state index >= 15 is 0 Å². The number of nitrogens with one attached hydrogen (secondary N) is 1. The van der Waals surface area contributed by atoms with Crippen LogP contribution in [0.25, 0.3) is 6.08 Å². The number of hydrogen-bond acceptors (Lipinski definition) is 3. The molecule has 0 aliphatic carbocycles. The van der Waals surface area contributed by atoms with Crippen LogP contribution in [0.5, 0.6) is 5.75 Å². The third kappa shape index (κ3) is 5.14. The molecule has 0 bridgehead atoms. The lowest BCUT2D eigenvalue weighted by molar-refractivity contribution is 0.141. The van der Waals surface area contributed by atoms with E-state index in [1.807, 2.05) is 30.3 Å². The second-order valence-electron chi connectivity index (χ2n) is 4.70. The first-order valence-electron chi connectivity index (χ1n) is 7.14. The summed E-state index contributed by atoms with van der Waals surface area (Å²) in [7, 11) is 1.48. The fourth-order valence-corrected chi connectivity index (χ4v) is 1.95. The van der Waals surface area contributed by atoms with Crippen LogP contribution in [0, 0.1) is 5.82 Å². The van der Waals surface area contributed by atoms with Crippen molar-refractivity contribution in [3.05, 3.63) is 71.6 Å². The number of ether oxygens (including phenoxy) is 2. The van der Waals surface area contributed by atoms with E-state index in [0.29, 0.717) is 11.3 Å². The van der Waals surface area contributed by atoms with Gasteiger partial charge in [0.05, 0.1) is 12.7 Å². The first-order chi connectivity index (χ1) is 11.2. The minimum Gasteiger partial charge on any atom is -0.496 e. The van der Waals surface area contributed by atoms with Gasteiger partial charge in [0, 0.05) is 6.54 Å². The molecule has 0 spiro atoms. The topological polar surface area (TPSA) is 47.6 Å². The van der Waals surface area contributed by atoms with E-state index in [1.54, 1.807) is 24.3 Å². The molecule has 2 aromatic carbocycles. The fourth-order valence-electron chi connectivity index (χ4n) is 1.95. The molecule has 0 radical (unpaired) electrons. The maximum absolute atomic E-state index is 13.7. The molecule has 5 heteroatoms. The minimum atomic E-state index is -0.529. The van der Waals surface area contributed by atoms with Crippen molar-refractivity contribution >= 4 is 12.2 Å². The Bertz CT molecular complexity index is 671. The van der Waals surface area contributed by atoms with Crippen LogP contribution >= 0.6 is 0 Å². The average Bonchev–Trinajstić information content (AvgIpc) is 2.58. The summed E-state index contributed by atoms with van der Waals surface area (Å²) in [6.45, 7) is 0.433. The molecule has 1 amide bonds. The lowest BCUT2D eigenvalue weighted by Crippen LogP contribution is -2.24. The number of benzene rings is 2. The molecule has 0 atom stereocenters. The molecule has 0 fully saturated rings. The lowest BCUT2D eigenvalue weighted by Gasteiger charge is -2.06. The Labute approximate surface area is 134 Å². The highest BCUT2D eigenvalue weighted by molar-refractivity contribution is 5.67. The number of methoxy groups -OCH3 is 1. The Balaban J connectivity index is 1.79.